The van der Waals surface area contributed by atoms with Crippen molar-refractivity contribution in [1.29, 1.82) is 0 Å². The van der Waals surface area contributed by atoms with Gasteiger partial charge in [0.25, 0.3) is 0 Å². The molecule has 272 valence electrons. The van der Waals surface area contributed by atoms with Crippen LogP contribution in [0.25, 0.3) is 66.1 Å². The third kappa shape index (κ3) is 5.02. The van der Waals surface area contributed by atoms with E-state index in [-0.39, 0.29) is 10.8 Å². The zero-order valence-electron chi connectivity index (χ0n) is 32.8. The number of anilines is 3. The van der Waals surface area contributed by atoms with E-state index in [9.17, 15) is 0 Å². The predicted molar refractivity (Wildman–Crippen MR) is 242 cm³/mol. The highest BCUT2D eigenvalue weighted by Crippen LogP contribution is 2.54. The lowest BCUT2D eigenvalue weighted by atomic mass is 9.78. The number of para-hydroxylation sites is 1. The topological polar surface area (TPSA) is 3.24 Å². The van der Waals surface area contributed by atoms with Crippen LogP contribution in [0.2, 0.25) is 0 Å². The summed E-state index contributed by atoms with van der Waals surface area (Å²) < 4.78 is 0. The minimum Gasteiger partial charge on any atom is -0.310 e. The Morgan fingerprint density at radius 1 is 0.333 bits per heavy atom. The van der Waals surface area contributed by atoms with Gasteiger partial charge in [-0.15, -0.1) is 0 Å². The van der Waals surface area contributed by atoms with Crippen molar-refractivity contribution >= 4 is 38.6 Å². The highest BCUT2D eigenvalue weighted by Gasteiger charge is 2.38. The van der Waals surface area contributed by atoms with E-state index < -0.39 is 0 Å². The summed E-state index contributed by atoms with van der Waals surface area (Å²) in [5.41, 5.74) is 19.1. The summed E-state index contributed by atoms with van der Waals surface area (Å²) in [6.45, 7) is 9.47. The van der Waals surface area contributed by atoms with Gasteiger partial charge in [0, 0.05) is 27.8 Å². The molecule has 0 spiro atoms. The lowest BCUT2D eigenvalue weighted by molar-refractivity contribution is 0.660. The van der Waals surface area contributed by atoms with Crippen LogP contribution in [0.15, 0.2) is 188 Å². The summed E-state index contributed by atoms with van der Waals surface area (Å²) in [6.07, 6.45) is 0. The van der Waals surface area contributed by atoms with E-state index >= 15 is 0 Å². The highest BCUT2D eigenvalue weighted by molar-refractivity contribution is 6.09. The summed E-state index contributed by atoms with van der Waals surface area (Å²) in [5, 5.41) is 5.03. The molecule has 0 aromatic heterocycles. The minimum absolute atomic E-state index is 0.0443. The number of hydrogen-bond acceptors (Lipinski definition) is 1. The largest absolute Gasteiger partial charge is 0.310 e. The van der Waals surface area contributed by atoms with Gasteiger partial charge in [-0.1, -0.05) is 179 Å². The Hall–Kier alpha value is -6.70. The Balaban J connectivity index is 1.08. The molecule has 0 saturated carbocycles. The van der Waals surface area contributed by atoms with E-state index in [1.165, 1.54) is 88.3 Å². The average molecular weight is 730 g/mol. The number of fused-ring (bicyclic) bond motifs is 9. The molecule has 57 heavy (non-hydrogen) atoms. The Kier molecular flexibility index (Phi) is 7.32. The van der Waals surface area contributed by atoms with Gasteiger partial charge in [0.2, 0.25) is 0 Å². The van der Waals surface area contributed by atoms with Crippen molar-refractivity contribution in [2.75, 3.05) is 4.90 Å². The first-order chi connectivity index (χ1) is 27.8. The van der Waals surface area contributed by atoms with Gasteiger partial charge >= 0.3 is 0 Å². The summed E-state index contributed by atoms with van der Waals surface area (Å²) in [5.74, 6) is 0. The van der Waals surface area contributed by atoms with Gasteiger partial charge in [0.05, 0.1) is 5.69 Å². The summed E-state index contributed by atoms with van der Waals surface area (Å²) in [7, 11) is 0. The molecule has 2 aliphatic rings. The standard InChI is InChI=1S/C56H43N/c1-55(2)50-21-10-7-16-44(50)46-32-28-38(35-52(46)55)36-26-29-40(30-27-36)57(41-31-33-43-39(34-41)25-24-37-14-5-6-15-42(37)43)53-23-12-9-18-47(53)49-20-13-19-48-45-17-8-11-22-51(45)56(3,4)54(48)49/h5-35H,1-4H3. The Bertz CT molecular complexity index is 3070. The second-order valence-corrected chi connectivity index (χ2v) is 16.9. The van der Waals surface area contributed by atoms with Gasteiger partial charge in [-0.3, -0.25) is 0 Å². The number of nitrogens with zero attached hydrogens (tertiary/aromatic N) is 1. The van der Waals surface area contributed by atoms with E-state index in [1.807, 2.05) is 0 Å². The Labute approximate surface area is 335 Å². The van der Waals surface area contributed by atoms with Crippen LogP contribution in [-0.4, -0.2) is 0 Å². The fourth-order valence-electron chi connectivity index (χ4n) is 10.2. The molecule has 2 aliphatic carbocycles. The molecule has 0 saturated heterocycles. The molecule has 0 N–H and O–H groups in total. The third-order valence-electron chi connectivity index (χ3n) is 13.0. The molecule has 9 aromatic rings. The van der Waals surface area contributed by atoms with E-state index in [2.05, 4.69) is 221 Å². The van der Waals surface area contributed by atoms with Gasteiger partial charge < -0.3 is 4.90 Å². The van der Waals surface area contributed by atoms with E-state index in [4.69, 9.17) is 0 Å². The Morgan fingerprint density at radius 3 is 1.67 bits per heavy atom. The first-order valence-electron chi connectivity index (χ1n) is 20.2. The van der Waals surface area contributed by atoms with Crippen molar-refractivity contribution < 1.29 is 0 Å². The molecular weight excluding hydrogens is 687 g/mol. The van der Waals surface area contributed by atoms with E-state index in [1.54, 1.807) is 0 Å². The molecule has 0 bridgehead atoms. The smallest absolute Gasteiger partial charge is 0.0540 e. The predicted octanol–water partition coefficient (Wildman–Crippen LogP) is 15.4. The van der Waals surface area contributed by atoms with Gasteiger partial charge in [-0.25, -0.2) is 0 Å². The van der Waals surface area contributed by atoms with Crippen molar-refractivity contribution in [3.8, 4) is 44.5 Å². The lowest BCUT2D eigenvalue weighted by Gasteiger charge is -2.30. The van der Waals surface area contributed by atoms with Crippen molar-refractivity contribution in [2.45, 2.75) is 38.5 Å². The van der Waals surface area contributed by atoms with Crippen molar-refractivity contribution in [3.63, 3.8) is 0 Å². The van der Waals surface area contributed by atoms with Crippen LogP contribution in [-0.2, 0) is 10.8 Å². The van der Waals surface area contributed by atoms with Crippen molar-refractivity contribution in [2.24, 2.45) is 0 Å². The molecular formula is C56H43N. The fraction of sp³-hybridized carbons (Fsp3) is 0.107. The molecule has 1 nitrogen and oxygen atoms in total. The van der Waals surface area contributed by atoms with Crippen LogP contribution < -0.4 is 4.90 Å². The van der Waals surface area contributed by atoms with Crippen LogP contribution in [0.4, 0.5) is 17.1 Å². The number of rotatable bonds is 5. The monoisotopic (exact) mass is 729 g/mol. The van der Waals surface area contributed by atoms with Crippen LogP contribution in [0, 0.1) is 0 Å². The second-order valence-electron chi connectivity index (χ2n) is 16.9. The minimum atomic E-state index is -0.141. The SMILES string of the molecule is CC1(C)c2ccccc2-c2ccc(-c3ccc(N(c4ccc5c(ccc6ccccc65)c4)c4ccccc4-c4cccc5c4C(C)(C)c4ccccc4-5)cc3)cc21. The fourth-order valence-corrected chi connectivity index (χ4v) is 10.2. The maximum Gasteiger partial charge on any atom is 0.0540 e. The van der Waals surface area contributed by atoms with Crippen LogP contribution in [0.1, 0.15) is 49.9 Å². The molecule has 0 unspecified atom stereocenters. The van der Waals surface area contributed by atoms with Crippen molar-refractivity contribution in [1.82, 2.24) is 0 Å². The normalized spacial score (nSPS) is 14.2. The highest BCUT2D eigenvalue weighted by atomic mass is 15.1. The molecule has 11 rings (SSSR count). The van der Waals surface area contributed by atoms with Gasteiger partial charge in [0.1, 0.15) is 0 Å². The molecule has 0 fully saturated rings. The van der Waals surface area contributed by atoms with Gasteiger partial charge in [-0.2, -0.15) is 0 Å². The van der Waals surface area contributed by atoms with E-state index in [0.29, 0.717) is 0 Å². The molecule has 0 atom stereocenters. The summed E-state index contributed by atoms with van der Waals surface area (Å²) >= 11 is 0. The Morgan fingerprint density at radius 2 is 0.877 bits per heavy atom. The van der Waals surface area contributed by atoms with Crippen LogP contribution >= 0.6 is 0 Å². The lowest BCUT2D eigenvalue weighted by Crippen LogP contribution is -2.17. The first-order valence-corrected chi connectivity index (χ1v) is 20.2. The first kappa shape index (κ1) is 33.6. The maximum absolute atomic E-state index is 2.46. The summed E-state index contributed by atoms with van der Waals surface area (Å²) in [4.78, 5) is 2.46. The van der Waals surface area contributed by atoms with Gasteiger partial charge in [-0.05, 0) is 119 Å². The zero-order valence-corrected chi connectivity index (χ0v) is 32.8. The molecule has 1 heteroatoms. The second kappa shape index (κ2) is 12.4. The van der Waals surface area contributed by atoms with Crippen LogP contribution in [0.3, 0.4) is 0 Å². The van der Waals surface area contributed by atoms with Crippen LogP contribution in [0.5, 0.6) is 0 Å². The van der Waals surface area contributed by atoms with Gasteiger partial charge in [0.15, 0.2) is 0 Å². The molecule has 0 heterocycles. The molecule has 0 aliphatic heterocycles. The third-order valence-corrected chi connectivity index (χ3v) is 13.0. The average Bonchev–Trinajstić information content (AvgIpc) is 3.63. The maximum atomic E-state index is 2.46. The van der Waals surface area contributed by atoms with E-state index in [0.717, 1.165) is 17.1 Å². The van der Waals surface area contributed by atoms with Crippen molar-refractivity contribution in [3.05, 3.63) is 210 Å². The number of hydrogen-bond donors (Lipinski definition) is 0. The molecule has 0 amide bonds. The zero-order chi connectivity index (χ0) is 38.5. The quantitative estimate of drug-likeness (QED) is 0.159. The molecule has 0 radical (unpaired) electrons. The molecule has 9 aromatic carbocycles. The summed E-state index contributed by atoms with van der Waals surface area (Å²) in [6, 6.07) is 70.1. The number of benzene rings is 9.